The molecule has 0 saturated heterocycles. The van der Waals surface area contributed by atoms with Gasteiger partial charge in [0.25, 0.3) is 0 Å². The normalized spacial score (nSPS) is 21.9. The van der Waals surface area contributed by atoms with Crippen molar-refractivity contribution in [1.29, 1.82) is 0 Å². The fourth-order valence-corrected chi connectivity index (χ4v) is 2.76. The number of nitrogens with two attached hydrogens (primary N) is 1. The van der Waals surface area contributed by atoms with E-state index in [0.717, 1.165) is 12.8 Å². The summed E-state index contributed by atoms with van der Waals surface area (Å²) in [5.74, 6) is 0.279. The highest BCUT2D eigenvalue weighted by molar-refractivity contribution is 5.79. The monoisotopic (exact) mass is 260 g/mol. The number of carbonyl (C=O) groups excluding carboxylic acids is 1. The Labute approximate surface area is 115 Å². The quantitative estimate of drug-likeness (QED) is 0.876. The Bertz CT molecular complexity index is 476. The molecule has 1 aliphatic rings. The largest absolute Gasteiger partial charge is 0.352 e. The van der Waals surface area contributed by atoms with Crippen LogP contribution in [0.1, 0.15) is 40.7 Å². The lowest BCUT2D eigenvalue weighted by molar-refractivity contribution is -0.128. The molecule has 1 amide bonds. The summed E-state index contributed by atoms with van der Waals surface area (Å²) < 4.78 is 0. The third-order valence-corrected chi connectivity index (χ3v) is 4.51. The predicted octanol–water partition coefficient (Wildman–Crippen LogP) is 2.27. The molecule has 3 N–H and O–H groups in total. The summed E-state index contributed by atoms with van der Waals surface area (Å²) >= 11 is 0. The molecule has 1 aromatic carbocycles. The number of aryl methyl sites for hydroxylation is 2. The molecule has 2 rings (SSSR count). The average Bonchev–Trinajstić information content (AvgIpc) is 2.32. The van der Waals surface area contributed by atoms with E-state index >= 15 is 0 Å². The molecule has 3 heteroatoms. The molecule has 19 heavy (non-hydrogen) atoms. The van der Waals surface area contributed by atoms with Gasteiger partial charge in [-0.05, 0) is 68.4 Å². The lowest BCUT2D eigenvalue weighted by Gasteiger charge is -2.31. The van der Waals surface area contributed by atoms with Crippen LogP contribution in [0.4, 0.5) is 0 Å². The molecule has 1 aromatic rings. The maximum absolute atomic E-state index is 12.0. The number of hydrogen-bond acceptors (Lipinski definition) is 2. The number of benzene rings is 1. The molecule has 0 heterocycles. The molecule has 0 atom stereocenters. The van der Waals surface area contributed by atoms with E-state index in [9.17, 15) is 4.79 Å². The van der Waals surface area contributed by atoms with E-state index in [2.05, 4.69) is 39.1 Å². The Balaban J connectivity index is 2.05. The van der Waals surface area contributed by atoms with Gasteiger partial charge in [0.05, 0.1) is 0 Å². The van der Waals surface area contributed by atoms with Crippen LogP contribution in [0.3, 0.4) is 0 Å². The first-order valence-electron chi connectivity index (χ1n) is 6.99. The van der Waals surface area contributed by atoms with Gasteiger partial charge in [0.1, 0.15) is 0 Å². The van der Waals surface area contributed by atoms with Crippen molar-refractivity contribution in [2.45, 2.75) is 53.1 Å². The van der Waals surface area contributed by atoms with Crippen LogP contribution in [0.2, 0.25) is 0 Å². The first-order chi connectivity index (χ1) is 8.90. The smallest absolute Gasteiger partial charge is 0.223 e. The lowest BCUT2D eigenvalue weighted by Crippen LogP contribution is -2.44. The number of hydrogen-bond donors (Lipinski definition) is 2. The van der Waals surface area contributed by atoms with Gasteiger partial charge in [0.2, 0.25) is 5.91 Å². The molecule has 1 aliphatic carbocycles. The molecule has 0 unspecified atom stereocenters. The predicted molar refractivity (Wildman–Crippen MR) is 77.9 cm³/mol. The van der Waals surface area contributed by atoms with Gasteiger partial charge in [-0.2, -0.15) is 0 Å². The lowest BCUT2D eigenvalue weighted by atomic mass is 9.80. The highest BCUT2D eigenvalue weighted by atomic mass is 16.1. The minimum atomic E-state index is 0.126. The maximum atomic E-state index is 12.0. The summed E-state index contributed by atoms with van der Waals surface area (Å²) in [5, 5.41) is 3.06. The molecule has 0 radical (unpaired) electrons. The third kappa shape index (κ3) is 2.81. The summed E-state index contributed by atoms with van der Waals surface area (Å²) in [6.45, 7) is 9.13. The Kier molecular flexibility index (Phi) is 3.95. The Morgan fingerprint density at radius 2 is 1.74 bits per heavy atom. The molecular weight excluding hydrogens is 236 g/mol. The van der Waals surface area contributed by atoms with Crippen molar-refractivity contribution < 1.29 is 4.79 Å². The molecule has 104 valence electrons. The minimum absolute atomic E-state index is 0.126. The Morgan fingerprint density at radius 3 is 2.21 bits per heavy atom. The minimum Gasteiger partial charge on any atom is -0.352 e. The molecule has 1 saturated carbocycles. The summed E-state index contributed by atoms with van der Waals surface area (Å²) in [4.78, 5) is 12.0. The first-order valence-corrected chi connectivity index (χ1v) is 6.99. The van der Waals surface area contributed by atoms with Crippen molar-refractivity contribution in [2.75, 3.05) is 0 Å². The van der Waals surface area contributed by atoms with Crippen LogP contribution in [0.15, 0.2) is 6.07 Å². The second-order valence-electron chi connectivity index (χ2n) is 5.89. The van der Waals surface area contributed by atoms with Crippen LogP contribution in [0, 0.1) is 33.6 Å². The van der Waals surface area contributed by atoms with Crippen LogP contribution in [0.5, 0.6) is 0 Å². The van der Waals surface area contributed by atoms with Crippen molar-refractivity contribution in [1.82, 2.24) is 5.32 Å². The fraction of sp³-hybridized carbons (Fsp3) is 0.562. The van der Waals surface area contributed by atoms with E-state index in [1.165, 1.54) is 27.8 Å². The van der Waals surface area contributed by atoms with E-state index in [1.54, 1.807) is 0 Å². The van der Waals surface area contributed by atoms with E-state index in [1.807, 2.05) is 0 Å². The summed E-state index contributed by atoms with van der Waals surface area (Å²) in [6, 6.07) is 2.43. The van der Waals surface area contributed by atoms with Crippen LogP contribution in [-0.2, 0) is 11.3 Å². The van der Waals surface area contributed by atoms with E-state index in [0.29, 0.717) is 6.54 Å². The van der Waals surface area contributed by atoms with Crippen LogP contribution >= 0.6 is 0 Å². The van der Waals surface area contributed by atoms with Gasteiger partial charge in [-0.3, -0.25) is 4.79 Å². The topological polar surface area (TPSA) is 55.1 Å². The highest BCUT2D eigenvalue weighted by Gasteiger charge is 2.31. The van der Waals surface area contributed by atoms with Crippen molar-refractivity contribution in [3.05, 3.63) is 33.9 Å². The standard InChI is InChI=1S/C16H24N2O/c1-9-5-10(2)12(4)15(11(9)3)8-18-16(19)13-6-14(17)7-13/h5,13-14H,6-8,17H2,1-4H3,(H,18,19). The van der Waals surface area contributed by atoms with Gasteiger partial charge in [0.15, 0.2) is 0 Å². The van der Waals surface area contributed by atoms with Gasteiger partial charge < -0.3 is 11.1 Å². The summed E-state index contributed by atoms with van der Waals surface area (Å²) in [7, 11) is 0. The van der Waals surface area contributed by atoms with Crippen molar-refractivity contribution >= 4 is 5.91 Å². The Hall–Kier alpha value is -1.35. The van der Waals surface area contributed by atoms with E-state index in [4.69, 9.17) is 5.73 Å². The summed E-state index contributed by atoms with van der Waals surface area (Å²) in [5.41, 5.74) is 12.1. The number of amides is 1. The zero-order valence-electron chi connectivity index (χ0n) is 12.3. The van der Waals surface area contributed by atoms with Crippen molar-refractivity contribution in [3.63, 3.8) is 0 Å². The number of rotatable bonds is 3. The Morgan fingerprint density at radius 1 is 1.21 bits per heavy atom. The average molecular weight is 260 g/mol. The maximum Gasteiger partial charge on any atom is 0.223 e. The molecule has 0 bridgehead atoms. The van der Waals surface area contributed by atoms with Gasteiger partial charge >= 0.3 is 0 Å². The first kappa shape index (κ1) is 14.1. The van der Waals surface area contributed by atoms with E-state index in [-0.39, 0.29) is 17.9 Å². The molecule has 0 spiro atoms. The summed E-state index contributed by atoms with van der Waals surface area (Å²) in [6.07, 6.45) is 1.66. The van der Waals surface area contributed by atoms with Crippen LogP contribution < -0.4 is 11.1 Å². The van der Waals surface area contributed by atoms with Crippen molar-refractivity contribution in [2.24, 2.45) is 11.7 Å². The van der Waals surface area contributed by atoms with Gasteiger partial charge in [-0.25, -0.2) is 0 Å². The van der Waals surface area contributed by atoms with E-state index < -0.39 is 0 Å². The van der Waals surface area contributed by atoms with Gasteiger partial charge in [0, 0.05) is 18.5 Å². The number of nitrogens with one attached hydrogen (secondary N) is 1. The van der Waals surface area contributed by atoms with Crippen LogP contribution in [-0.4, -0.2) is 11.9 Å². The van der Waals surface area contributed by atoms with Gasteiger partial charge in [-0.15, -0.1) is 0 Å². The molecule has 1 fully saturated rings. The zero-order chi connectivity index (χ0) is 14.2. The van der Waals surface area contributed by atoms with Crippen molar-refractivity contribution in [3.8, 4) is 0 Å². The molecular formula is C16H24N2O. The molecule has 0 aliphatic heterocycles. The third-order valence-electron chi connectivity index (χ3n) is 4.51. The SMILES string of the molecule is Cc1cc(C)c(C)c(CNC(=O)C2CC(N)C2)c1C. The van der Waals surface area contributed by atoms with Gasteiger partial charge in [-0.1, -0.05) is 6.07 Å². The number of carbonyl (C=O) groups is 1. The van der Waals surface area contributed by atoms with Crippen LogP contribution in [0.25, 0.3) is 0 Å². The molecule has 0 aromatic heterocycles. The second-order valence-corrected chi connectivity index (χ2v) is 5.89. The fourth-order valence-electron chi connectivity index (χ4n) is 2.76. The second kappa shape index (κ2) is 5.33. The zero-order valence-corrected chi connectivity index (χ0v) is 12.3. The molecule has 3 nitrogen and oxygen atoms in total. The highest BCUT2D eigenvalue weighted by Crippen LogP contribution is 2.26.